The number of carbonyl (C=O) groups is 4. The largest absolute Gasteiger partial charge is 0.505 e. The van der Waals surface area contributed by atoms with E-state index in [1.54, 1.807) is 30.3 Å². The van der Waals surface area contributed by atoms with Crippen molar-refractivity contribution < 1.29 is 28.7 Å². The molecular formula is C27H19BrCl2FIN2O5. The summed E-state index contributed by atoms with van der Waals surface area (Å²) in [5, 5.41) is 9.82. The van der Waals surface area contributed by atoms with E-state index in [9.17, 15) is 28.7 Å². The maximum Gasteiger partial charge on any atom is 0.254 e. The average Bonchev–Trinajstić information content (AvgIpc) is 3.24. The van der Waals surface area contributed by atoms with Gasteiger partial charge < -0.3 is 5.11 Å². The number of aromatic hydroxyl groups is 1. The second-order valence-electron chi connectivity index (χ2n) is 10.2. The number of hydrogen-bond acceptors (Lipinski definition) is 5. The van der Waals surface area contributed by atoms with Gasteiger partial charge in [0.25, 0.3) is 11.8 Å². The van der Waals surface area contributed by atoms with Crippen molar-refractivity contribution in [2.75, 3.05) is 10.4 Å². The zero-order valence-corrected chi connectivity index (χ0v) is 25.2. The van der Waals surface area contributed by atoms with Gasteiger partial charge in [-0.15, -0.1) is 23.2 Å². The quantitative estimate of drug-likeness (QED) is 0.156. The first kappa shape index (κ1) is 27.2. The molecule has 2 aromatic rings. The Morgan fingerprint density at radius 2 is 1.72 bits per heavy atom. The number of likely N-dealkylation sites (tertiary alicyclic amines) is 1. The Balaban J connectivity index is 1.52. The van der Waals surface area contributed by atoms with E-state index in [4.69, 9.17) is 23.2 Å². The lowest BCUT2D eigenvalue weighted by Crippen LogP contribution is -2.60. The number of nitrogens with zero attached hydrogens (tertiary/aromatic N) is 2. The number of allylic oxidation sites excluding steroid dienone is 2. The predicted molar refractivity (Wildman–Crippen MR) is 153 cm³/mol. The molecule has 2 saturated heterocycles. The third-order valence-electron chi connectivity index (χ3n) is 8.40. The molecule has 6 rings (SSSR count). The van der Waals surface area contributed by atoms with Crippen LogP contribution in [0.1, 0.15) is 24.3 Å². The molecule has 4 aliphatic rings. The summed E-state index contributed by atoms with van der Waals surface area (Å²) in [6.07, 6.45) is 1.82. The second-order valence-corrected chi connectivity index (χ2v) is 13.2. The van der Waals surface area contributed by atoms with Crippen LogP contribution in [-0.2, 0) is 19.2 Å². The lowest BCUT2D eigenvalue weighted by molar-refractivity contribution is -0.138. The zero-order valence-electron chi connectivity index (χ0n) is 19.9. The highest BCUT2D eigenvalue weighted by Crippen LogP contribution is 2.65. The zero-order chi connectivity index (χ0) is 28.0. The molecule has 39 heavy (non-hydrogen) atoms. The minimum Gasteiger partial charge on any atom is -0.505 e. The fourth-order valence-corrected chi connectivity index (χ4v) is 8.46. The molecular weight excluding hydrogens is 729 g/mol. The molecule has 4 amide bonds. The summed E-state index contributed by atoms with van der Waals surface area (Å²) in [5.74, 6) is -7.11. The molecule has 0 bridgehead atoms. The minimum absolute atomic E-state index is 0.155. The molecule has 2 aromatic carbocycles. The van der Waals surface area contributed by atoms with Crippen molar-refractivity contribution in [1.29, 1.82) is 0 Å². The van der Waals surface area contributed by atoms with Gasteiger partial charge in [0.1, 0.15) is 0 Å². The third kappa shape index (κ3) is 3.56. The van der Waals surface area contributed by atoms with Crippen molar-refractivity contribution in [2.45, 2.75) is 28.5 Å². The number of benzene rings is 2. The van der Waals surface area contributed by atoms with Crippen molar-refractivity contribution in [3.05, 3.63) is 69.1 Å². The second kappa shape index (κ2) is 9.25. The monoisotopic (exact) mass is 746 g/mol. The molecule has 1 N–H and O–H groups in total. The molecule has 0 radical (unpaired) electrons. The van der Waals surface area contributed by atoms with E-state index in [0.717, 1.165) is 20.6 Å². The Kier molecular flexibility index (Phi) is 6.44. The van der Waals surface area contributed by atoms with Crippen molar-refractivity contribution in [2.24, 2.45) is 17.8 Å². The SMILES string of the molecule is O=C1[C@H]2[C@H](CC=C3[C@H]2C[C@@]2(Cl)C(=O)N(CBr)C(=O)[C@@]2(Cl)[C@H]3c2ccc(O)c(F)c2)C(=O)N1c1ccc(I)cc1. The van der Waals surface area contributed by atoms with Crippen molar-refractivity contribution in [1.82, 2.24) is 4.90 Å². The minimum atomic E-state index is -2.03. The number of alkyl halides is 3. The van der Waals surface area contributed by atoms with Gasteiger partial charge in [-0.05, 0) is 83.3 Å². The fraction of sp³-hybridized carbons (Fsp3) is 0.333. The fourth-order valence-electron chi connectivity index (χ4n) is 6.67. The van der Waals surface area contributed by atoms with Crippen LogP contribution in [0.5, 0.6) is 5.75 Å². The third-order valence-corrected chi connectivity index (χ3v) is 11.0. The molecule has 0 unspecified atom stereocenters. The number of hydrogen-bond donors (Lipinski definition) is 1. The van der Waals surface area contributed by atoms with Crippen molar-refractivity contribution >= 4 is 91.0 Å². The highest BCUT2D eigenvalue weighted by molar-refractivity contribution is 14.1. The van der Waals surface area contributed by atoms with E-state index in [-0.39, 0.29) is 29.8 Å². The smallest absolute Gasteiger partial charge is 0.254 e. The van der Waals surface area contributed by atoms with Gasteiger partial charge in [0, 0.05) is 9.49 Å². The summed E-state index contributed by atoms with van der Waals surface area (Å²) in [5.41, 5.74) is 1.07. The van der Waals surface area contributed by atoms with Crippen LogP contribution in [0.2, 0.25) is 0 Å². The highest BCUT2D eigenvalue weighted by Gasteiger charge is 2.76. The number of imide groups is 2. The Labute approximate surface area is 254 Å². The van der Waals surface area contributed by atoms with E-state index in [1.807, 2.05) is 0 Å². The van der Waals surface area contributed by atoms with Crippen LogP contribution in [0, 0.1) is 27.1 Å². The summed E-state index contributed by atoms with van der Waals surface area (Å²) < 4.78 is 15.6. The summed E-state index contributed by atoms with van der Waals surface area (Å²) in [6, 6.07) is 10.6. The van der Waals surface area contributed by atoms with Crippen molar-refractivity contribution in [3.8, 4) is 5.75 Å². The van der Waals surface area contributed by atoms with Crippen molar-refractivity contribution in [3.63, 3.8) is 0 Å². The topological polar surface area (TPSA) is 95.0 Å². The van der Waals surface area contributed by atoms with Crippen LogP contribution in [0.3, 0.4) is 0 Å². The maximum atomic E-state index is 14.6. The van der Waals surface area contributed by atoms with Crippen LogP contribution >= 0.6 is 61.7 Å². The number of phenolic OH excluding ortho intramolecular Hbond substituents is 1. The first-order chi connectivity index (χ1) is 18.5. The molecule has 0 spiro atoms. The van der Waals surface area contributed by atoms with E-state index in [0.29, 0.717) is 11.3 Å². The average molecular weight is 748 g/mol. The number of fused-ring (bicyclic) bond motifs is 4. The van der Waals surface area contributed by atoms with Gasteiger partial charge in [-0.2, -0.15) is 0 Å². The Morgan fingerprint density at radius 3 is 2.36 bits per heavy atom. The molecule has 7 nitrogen and oxygen atoms in total. The number of rotatable bonds is 3. The van der Waals surface area contributed by atoms with Gasteiger partial charge in [0.15, 0.2) is 21.3 Å². The molecule has 0 aromatic heterocycles. The van der Waals surface area contributed by atoms with Gasteiger partial charge in [-0.3, -0.25) is 29.0 Å². The number of anilines is 1. The van der Waals surface area contributed by atoms with Crippen LogP contribution in [0.25, 0.3) is 0 Å². The first-order valence-corrected chi connectivity index (χ1v) is 15.0. The first-order valence-electron chi connectivity index (χ1n) is 12.1. The molecule has 3 fully saturated rings. The van der Waals surface area contributed by atoms with E-state index in [2.05, 4.69) is 38.5 Å². The number of amides is 4. The maximum absolute atomic E-state index is 14.6. The standard InChI is InChI=1S/C27H19BrCl2FIN2O5/c28-11-33-24(38)26(29)10-17-15(21(27(26,30)25(33)39)12-1-8-19(35)18(31)9-12)6-7-16-20(17)23(37)34(22(16)36)14-4-2-13(32)3-5-14/h1-6,8-9,16-17,20-21,35H,7,10-11H2/t16-,17+,20-,21-,26+,27-/m0/s1. The lowest BCUT2D eigenvalue weighted by atomic mass is 9.56. The molecule has 2 aliphatic heterocycles. The summed E-state index contributed by atoms with van der Waals surface area (Å²) in [6.45, 7) is 0. The van der Waals surface area contributed by atoms with Gasteiger partial charge in [0.2, 0.25) is 11.8 Å². The molecule has 2 heterocycles. The summed E-state index contributed by atoms with van der Waals surface area (Å²) >= 11 is 19.5. The molecule has 12 heteroatoms. The van der Waals surface area contributed by atoms with Crippen LogP contribution < -0.4 is 4.90 Å². The van der Waals surface area contributed by atoms with E-state index in [1.165, 1.54) is 11.0 Å². The van der Waals surface area contributed by atoms with E-state index < -0.39 is 62.7 Å². The van der Waals surface area contributed by atoms with Gasteiger partial charge in [0.05, 0.1) is 23.0 Å². The Bertz CT molecular complexity index is 1510. The Morgan fingerprint density at radius 1 is 1.03 bits per heavy atom. The normalized spacial score (nSPS) is 33.7. The van der Waals surface area contributed by atoms with Crippen LogP contribution in [0.15, 0.2) is 54.1 Å². The number of carbonyl (C=O) groups excluding carboxylic acids is 4. The highest BCUT2D eigenvalue weighted by atomic mass is 127. The summed E-state index contributed by atoms with van der Waals surface area (Å²) in [4.78, 5) is 52.8. The molecule has 202 valence electrons. The van der Waals surface area contributed by atoms with Crippen LogP contribution in [0.4, 0.5) is 10.1 Å². The number of phenols is 1. The lowest BCUT2D eigenvalue weighted by Gasteiger charge is -2.50. The van der Waals surface area contributed by atoms with Crippen LogP contribution in [-0.4, -0.2) is 48.8 Å². The molecule has 2 aliphatic carbocycles. The summed E-state index contributed by atoms with van der Waals surface area (Å²) in [7, 11) is 0. The Hall–Kier alpha value is -2.02. The van der Waals surface area contributed by atoms with Gasteiger partial charge in [-0.25, -0.2) is 4.39 Å². The molecule has 1 saturated carbocycles. The van der Waals surface area contributed by atoms with E-state index >= 15 is 0 Å². The van der Waals surface area contributed by atoms with Gasteiger partial charge >= 0.3 is 0 Å². The number of halogens is 5. The molecule has 6 atom stereocenters. The predicted octanol–water partition coefficient (Wildman–Crippen LogP) is 5.05. The van der Waals surface area contributed by atoms with Gasteiger partial charge in [-0.1, -0.05) is 33.6 Å².